The molecule has 2 aromatic carbocycles. The standard InChI is InChI=1S/C16H14BrN3O2/c1-19-13-5-4-12(8-14(13)20(2)16(19)22)18-9-10-7-11(17)3-6-15(10)21/h3-9,21H,1-2H3. The van der Waals surface area contributed by atoms with E-state index in [-0.39, 0.29) is 11.4 Å². The monoisotopic (exact) mass is 359 g/mol. The van der Waals surface area contributed by atoms with Crippen LogP contribution in [0.15, 0.2) is 50.7 Å². The summed E-state index contributed by atoms with van der Waals surface area (Å²) >= 11 is 3.36. The number of aromatic nitrogens is 2. The Kier molecular flexibility index (Phi) is 3.62. The van der Waals surface area contributed by atoms with Crippen LogP contribution in [0.4, 0.5) is 5.69 Å². The molecule has 0 spiro atoms. The van der Waals surface area contributed by atoms with Crippen molar-refractivity contribution in [2.75, 3.05) is 0 Å². The average Bonchev–Trinajstić information content (AvgIpc) is 2.73. The van der Waals surface area contributed by atoms with E-state index in [1.54, 1.807) is 47.6 Å². The molecule has 1 heterocycles. The quantitative estimate of drug-likeness (QED) is 0.714. The third kappa shape index (κ3) is 2.46. The number of aliphatic imine (C=N–C) groups is 1. The first-order chi connectivity index (χ1) is 10.5. The van der Waals surface area contributed by atoms with Gasteiger partial charge in [-0.15, -0.1) is 0 Å². The van der Waals surface area contributed by atoms with Crippen molar-refractivity contribution in [1.29, 1.82) is 0 Å². The minimum absolute atomic E-state index is 0.0687. The maximum Gasteiger partial charge on any atom is 0.328 e. The second kappa shape index (κ2) is 5.46. The second-order valence-corrected chi connectivity index (χ2v) is 5.95. The van der Waals surface area contributed by atoms with E-state index in [0.29, 0.717) is 11.3 Å². The number of aromatic hydroxyl groups is 1. The zero-order valence-electron chi connectivity index (χ0n) is 12.1. The van der Waals surface area contributed by atoms with Gasteiger partial charge in [0.25, 0.3) is 0 Å². The van der Waals surface area contributed by atoms with Gasteiger partial charge in [-0.1, -0.05) is 15.9 Å². The van der Waals surface area contributed by atoms with Crippen LogP contribution in [0.3, 0.4) is 0 Å². The van der Waals surface area contributed by atoms with Crippen molar-refractivity contribution < 1.29 is 5.11 Å². The van der Waals surface area contributed by atoms with Crippen LogP contribution in [-0.4, -0.2) is 20.5 Å². The highest BCUT2D eigenvalue weighted by Crippen LogP contribution is 2.23. The zero-order chi connectivity index (χ0) is 15.9. The Bertz CT molecular complexity index is 954. The van der Waals surface area contributed by atoms with Gasteiger partial charge in [0.05, 0.1) is 16.7 Å². The topological polar surface area (TPSA) is 59.5 Å². The lowest BCUT2D eigenvalue weighted by molar-refractivity contribution is 0.474. The number of nitrogens with zero attached hydrogens (tertiary/aromatic N) is 3. The highest BCUT2D eigenvalue weighted by atomic mass is 79.9. The van der Waals surface area contributed by atoms with E-state index >= 15 is 0 Å². The smallest absolute Gasteiger partial charge is 0.328 e. The van der Waals surface area contributed by atoms with Gasteiger partial charge in [0.2, 0.25) is 0 Å². The van der Waals surface area contributed by atoms with Crippen LogP contribution in [-0.2, 0) is 14.1 Å². The lowest BCUT2D eigenvalue weighted by Gasteiger charge is -2.00. The minimum Gasteiger partial charge on any atom is -0.507 e. The molecule has 6 heteroatoms. The van der Waals surface area contributed by atoms with E-state index in [1.165, 1.54) is 0 Å². The number of fused-ring (bicyclic) bond motifs is 1. The van der Waals surface area contributed by atoms with E-state index in [0.717, 1.165) is 15.5 Å². The van der Waals surface area contributed by atoms with Gasteiger partial charge in [0.1, 0.15) is 5.75 Å². The van der Waals surface area contributed by atoms with E-state index in [2.05, 4.69) is 20.9 Å². The SMILES string of the molecule is Cn1c(=O)n(C)c2cc(N=Cc3cc(Br)ccc3O)ccc21. The summed E-state index contributed by atoms with van der Waals surface area (Å²) in [7, 11) is 3.48. The molecule has 0 radical (unpaired) electrons. The summed E-state index contributed by atoms with van der Waals surface area (Å²) in [6, 6.07) is 10.7. The number of rotatable bonds is 2. The van der Waals surface area contributed by atoms with E-state index < -0.39 is 0 Å². The highest BCUT2D eigenvalue weighted by molar-refractivity contribution is 9.10. The number of hydrogen-bond acceptors (Lipinski definition) is 3. The molecule has 3 rings (SSSR count). The maximum absolute atomic E-state index is 11.9. The number of halogens is 1. The number of imidazole rings is 1. The summed E-state index contributed by atoms with van der Waals surface area (Å²) in [6.07, 6.45) is 1.60. The number of aryl methyl sites for hydroxylation is 2. The molecule has 0 fully saturated rings. The highest BCUT2D eigenvalue weighted by Gasteiger charge is 2.07. The van der Waals surface area contributed by atoms with Gasteiger partial charge >= 0.3 is 5.69 Å². The molecule has 112 valence electrons. The third-order valence-corrected chi connectivity index (χ3v) is 4.09. The molecule has 0 amide bonds. The number of phenolic OH excluding ortho intramolecular Hbond substituents is 1. The molecule has 0 saturated heterocycles. The van der Waals surface area contributed by atoms with Gasteiger partial charge < -0.3 is 5.11 Å². The summed E-state index contributed by atoms with van der Waals surface area (Å²) in [5, 5.41) is 9.81. The van der Waals surface area contributed by atoms with Crippen LogP contribution in [0.25, 0.3) is 11.0 Å². The normalized spacial score (nSPS) is 11.6. The molecule has 0 bridgehead atoms. The molecule has 0 atom stereocenters. The van der Waals surface area contributed by atoms with Crippen molar-refractivity contribution in [3.05, 3.63) is 56.9 Å². The Balaban J connectivity index is 2.04. The first-order valence-corrected chi connectivity index (χ1v) is 7.45. The number of hydrogen-bond donors (Lipinski definition) is 1. The summed E-state index contributed by atoms with van der Waals surface area (Å²) in [5.74, 6) is 0.167. The molecule has 0 aliphatic carbocycles. The molecule has 1 aromatic heterocycles. The van der Waals surface area contributed by atoms with Crippen LogP contribution < -0.4 is 5.69 Å². The fourth-order valence-corrected chi connectivity index (χ4v) is 2.73. The Morgan fingerprint density at radius 2 is 1.82 bits per heavy atom. The van der Waals surface area contributed by atoms with Crippen molar-refractivity contribution in [1.82, 2.24) is 9.13 Å². The van der Waals surface area contributed by atoms with Gasteiger partial charge in [-0.3, -0.25) is 14.1 Å². The van der Waals surface area contributed by atoms with Crippen LogP contribution in [0.2, 0.25) is 0 Å². The lowest BCUT2D eigenvalue weighted by atomic mass is 10.2. The Morgan fingerprint density at radius 3 is 2.59 bits per heavy atom. The summed E-state index contributed by atoms with van der Waals surface area (Å²) in [6.45, 7) is 0. The Labute approximate surface area is 135 Å². The molecule has 1 N–H and O–H groups in total. The molecular weight excluding hydrogens is 346 g/mol. The van der Waals surface area contributed by atoms with Crippen molar-refractivity contribution >= 4 is 38.9 Å². The second-order valence-electron chi connectivity index (χ2n) is 5.03. The molecule has 5 nitrogen and oxygen atoms in total. The van der Waals surface area contributed by atoms with E-state index in [4.69, 9.17) is 0 Å². The minimum atomic E-state index is -0.0687. The fraction of sp³-hybridized carbons (Fsp3) is 0.125. The predicted molar refractivity (Wildman–Crippen MR) is 91.2 cm³/mol. The molecule has 0 saturated carbocycles. The predicted octanol–water partition coefficient (Wildman–Crippen LogP) is 3.10. The van der Waals surface area contributed by atoms with E-state index in [1.807, 2.05) is 18.2 Å². The summed E-state index contributed by atoms with van der Waals surface area (Å²) in [5.41, 5.74) is 2.95. The van der Waals surface area contributed by atoms with Gasteiger partial charge in [-0.2, -0.15) is 0 Å². The first kappa shape index (κ1) is 14.6. The van der Waals surface area contributed by atoms with Gasteiger partial charge in [0, 0.05) is 30.3 Å². The van der Waals surface area contributed by atoms with Crippen LogP contribution in [0, 0.1) is 0 Å². The molecule has 3 aromatic rings. The molecule has 0 aliphatic rings. The van der Waals surface area contributed by atoms with Crippen LogP contribution >= 0.6 is 15.9 Å². The van der Waals surface area contributed by atoms with E-state index in [9.17, 15) is 9.90 Å². The third-order valence-electron chi connectivity index (χ3n) is 3.60. The Hall–Kier alpha value is -2.34. The lowest BCUT2D eigenvalue weighted by Crippen LogP contribution is -2.19. The molecule has 0 unspecified atom stereocenters. The van der Waals surface area contributed by atoms with Crippen LogP contribution in [0.5, 0.6) is 5.75 Å². The Morgan fingerprint density at radius 1 is 1.09 bits per heavy atom. The fourth-order valence-electron chi connectivity index (χ4n) is 2.35. The zero-order valence-corrected chi connectivity index (χ0v) is 13.7. The average molecular weight is 360 g/mol. The van der Waals surface area contributed by atoms with Gasteiger partial charge in [-0.25, -0.2) is 4.79 Å². The van der Waals surface area contributed by atoms with Crippen molar-refractivity contribution in [2.45, 2.75) is 0 Å². The number of phenols is 1. The van der Waals surface area contributed by atoms with Crippen LogP contribution in [0.1, 0.15) is 5.56 Å². The van der Waals surface area contributed by atoms with Crippen molar-refractivity contribution in [3.63, 3.8) is 0 Å². The number of benzene rings is 2. The van der Waals surface area contributed by atoms with Gasteiger partial charge in [-0.05, 0) is 36.4 Å². The maximum atomic E-state index is 11.9. The molecule has 22 heavy (non-hydrogen) atoms. The summed E-state index contributed by atoms with van der Waals surface area (Å²) in [4.78, 5) is 16.3. The van der Waals surface area contributed by atoms with Gasteiger partial charge in [0.15, 0.2) is 0 Å². The summed E-state index contributed by atoms with van der Waals surface area (Å²) < 4.78 is 4.06. The van der Waals surface area contributed by atoms with Crippen molar-refractivity contribution in [3.8, 4) is 5.75 Å². The molecule has 0 aliphatic heterocycles. The molecular formula is C16H14BrN3O2. The first-order valence-electron chi connectivity index (χ1n) is 6.65. The largest absolute Gasteiger partial charge is 0.507 e. The van der Waals surface area contributed by atoms with Crippen molar-refractivity contribution in [2.24, 2.45) is 19.1 Å².